The highest BCUT2D eigenvalue weighted by Gasteiger charge is 2.22. The zero-order valence-corrected chi connectivity index (χ0v) is 33.6. The molecule has 0 radical (unpaired) electrons. The van der Waals surface area contributed by atoms with Crippen molar-refractivity contribution in [2.24, 2.45) is 0 Å². The topological polar surface area (TPSA) is 0 Å². The molecule has 0 aliphatic heterocycles. The molecule has 0 atom stereocenters. The Morgan fingerprint density at radius 1 is 0.172 bits per heavy atom. The Morgan fingerprint density at radius 3 is 0.586 bits per heavy atom. The van der Waals surface area contributed by atoms with Gasteiger partial charge >= 0.3 is 0 Å². The summed E-state index contributed by atoms with van der Waals surface area (Å²) >= 11 is 0. The summed E-state index contributed by atoms with van der Waals surface area (Å²) in [5.74, 6) is 0. The summed E-state index contributed by atoms with van der Waals surface area (Å²) in [5, 5.41) is 0. The van der Waals surface area contributed by atoms with Gasteiger partial charge in [0.2, 0.25) is 0 Å². The van der Waals surface area contributed by atoms with Crippen molar-refractivity contribution in [2.75, 3.05) is 0 Å². The lowest BCUT2D eigenvalue weighted by Crippen LogP contribution is -1.96. The van der Waals surface area contributed by atoms with Crippen LogP contribution in [-0.2, 0) is 0 Å². The molecule has 0 amide bonds. The molecule has 0 saturated carbocycles. The van der Waals surface area contributed by atoms with Crippen LogP contribution in [0.15, 0.2) is 206 Å². The van der Waals surface area contributed by atoms with E-state index in [0.717, 1.165) is 0 Å². The third kappa shape index (κ3) is 7.22. The standard InChI is InChI=1S/C58H46/c1-39-15-23-43(24-16-39)51-35-37-53(45-27-19-41(3)20-28-45)57(55(51)47-11-7-5-8-12-47)49-31-33-50(34-32-49)58-54(46-29-21-42(4)22-30-46)38-36-52(44-25-17-40(2)18-26-44)56(58)48-13-9-6-10-14-48/h5-38H,1-4H3. The fourth-order valence-corrected chi connectivity index (χ4v) is 8.31. The first-order valence-electron chi connectivity index (χ1n) is 20.2. The molecule has 278 valence electrons. The van der Waals surface area contributed by atoms with Crippen LogP contribution in [0.2, 0.25) is 0 Å². The van der Waals surface area contributed by atoms with Gasteiger partial charge in [-0.15, -0.1) is 0 Å². The van der Waals surface area contributed by atoms with Gasteiger partial charge < -0.3 is 0 Å². The monoisotopic (exact) mass is 742 g/mol. The lowest BCUT2D eigenvalue weighted by atomic mass is 9.81. The molecule has 0 aromatic heterocycles. The Bertz CT molecular complexity index is 2630. The summed E-state index contributed by atoms with van der Waals surface area (Å²) < 4.78 is 0. The molecule has 0 nitrogen and oxygen atoms in total. The number of benzene rings is 9. The Hall–Kier alpha value is -7.02. The number of aryl methyl sites for hydroxylation is 4. The molecule has 0 unspecified atom stereocenters. The van der Waals surface area contributed by atoms with Gasteiger partial charge in [-0.2, -0.15) is 0 Å². The molecule has 0 spiro atoms. The second-order valence-electron chi connectivity index (χ2n) is 15.6. The highest BCUT2D eigenvalue weighted by atomic mass is 14.3. The van der Waals surface area contributed by atoms with E-state index in [1.54, 1.807) is 0 Å². The molecular formula is C58H46. The predicted molar refractivity (Wildman–Crippen MR) is 249 cm³/mol. The smallest absolute Gasteiger partial charge is 0.00206 e. The van der Waals surface area contributed by atoms with Crippen LogP contribution in [0.25, 0.3) is 89.0 Å². The Kier molecular flexibility index (Phi) is 10.0. The van der Waals surface area contributed by atoms with Gasteiger partial charge in [0.15, 0.2) is 0 Å². The molecular weight excluding hydrogens is 697 g/mol. The molecule has 0 saturated heterocycles. The first-order valence-corrected chi connectivity index (χ1v) is 20.2. The molecule has 0 fully saturated rings. The zero-order valence-electron chi connectivity index (χ0n) is 33.6. The Balaban J connectivity index is 1.32. The minimum Gasteiger partial charge on any atom is -0.0622 e. The van der Waals surface area contributed by atoms with E-state index >= 15 is 0 Å². The van der Waals surface area contributed by atoms with Crippen LogP contribution < -0.4 is 0 Å². The van der Waals surface area contributed by atoms with E-state index < -0.39 is 0 Å². The molecule has 0 N–H and O–H groups in total. The van der Waals surface area contributed by atoms with Crippen molar-refractivity contribution in [3.05, 3.63) is 229 Å². The highest BCUT2D eigenvalue weighted by molar-refractivity contribution is 6.04. The molecule has 0 aliphatic carbocycles. The van der Waals surface area contributed by atoms with Crippen molar-refractivity contribution in [3.63, 3.8) is 0 Å². The summed E-state index contributed by atoms with van der Waals surface area (Å²) in [6.07, 6.45) is 0. The third-order valence-electron chi connectivity index (χ3n) is 11.4. The molecule has 0 bridgehead atoms. The summed E-state index contributed by atoms with van der Waals surface area (Å²) in [7, 11) is 0. The van der Waals surface area contributed by atoms with Crippen LogP contribution >= 0.6 is 0 Å². The average molecular weight is 743 g/mol. The first-order chi connectivity index (χ1) is 28.4. The van der Waals surface area contributed by atoms with Crippen LogP contribution in [-0.4, -0.2) is 0 Å². The van der Waals surface area contributed by atoms with Crippen LogP contribution in [0.4, 0.5) is 0 Å². The molecule has 0 aliphatic rings. The molecule has 0 heterocycles. The maximum atomic E-state index is 2.35. The zero-order chi connectivity index (χ0) is 39.6. The van der Waals surface area contributed by atoms with Crippen molar-refractivity contribution in [1.29, 1.82) is 0 Å². The Labute approximate surface area is 343 Å². The van der Waals surface area contributed by atoms with Crippen molar-refractivity contribution in [2.45, 2.75) is 27.7 Å². The van der Waals surface area contributed by atoms with Gasteiger partial charge in [-0.25, -0.2) is 0 Å². The van der Waals surface area contributed by atoms with E-state index in [0.29, 0.717) is 0 Å². The summed E-state index contributed by atoms with van der Waals surface area (Å²) in [6, 6.07) is 76.3. The SMILES string of the molecule is Cc1ccc(-c2ccc(-c3ccc(C)cc3)c(-c3ccc(-c4c(-c5ccc(C)cc5)ccc(-c5ccc(C)cc5)c4-c4ccccc4)cc3)c2-c2ccccc2)cc1. The van der Waals surface area contributed by atoms with Crippen molar-refractivity contribution in [1.82, 2.24) is 0 Å². The van der Waals surface area contributed by atoms with E-state index in [-0.39, 0.29) is 0 Å². The Morgan fingerprint density at radius 2 is 0.362 bits per heavy atom. The van der Waals surface area contributed by atoms with E-state index in [9.17, 15) is 0 Å². The highest BCUT2D eigenvalue weighted by Crippen LogP contribution is 2.49. The second-order valence-corrected chi connectivity index (χ2v) is 15.6. The van der Waals surface area contributed by atoms with E-state index in [1.807, 2.05) is 0 Å². The largest absolute Gasteiger partial charge is 0.0622 e. The molecule has 9 aromatic carbocycles. The maximum absolute atomic E-state index is 2.35. The normalized spacial score (nSPS) is 11.1. The number of hydrogen-bond acceptors (Lipinski definition) is 0. The predicted octanol–water partition coefficient (Wildman–Crippen LogP) is 16.3. The van der Waals surface area contributed by atoms with Gasteiger partial charge in [0, 0.05) is 0 Å². The molecule has 9 rings (SSSR count). The van der Waals surface area contributed by atoms with Gasteiger partial charge in [-0.05, 0) is 117 Å². The minimum atomic E-state index is 1.18. The van der Waals surface area contributed by atoms with Crippen molar-refractivity contribution < 1.29 is 0 Å². The van der Waals surface area contributed by atoms with Crippen LogP contribution in [0.5, 0.6) is 0 Å². The van der Waals surface area contributed by atoms with Crippen molar-refractivity contribution >= 4 is 0 Å². The van der Waals surface area contributed by atoms with E-state index in [4.69, 9.17) is 0 Å². The maximum Gasteiger partial charge on any atom is -0.00206 e. The third-order valence-corrected chi connectivity index (χ3v) is 11.4. The summed E-state index contributed by atoms with van der Waals surface area (Å²) in [6.45, 7) is 8.61. The minimum absolute atomic E-state index is 1.18. The average Bonchev–Trinajstić information content (AvgIpc) is 3.27. The fraction of sp³-hybridized carbons (Fsp3) is 0.0690. The number of hydrogen-bond donors (Lipinski definition) is 0. The molecule has 0 heteroatoms. The van der Waals surface area contributed by atoms with Crippen LogP contribution in [0.1, 0.15) is 22.3 Å². The lowest BCUT2D eigenvalue weighted by Gasteiger charge is -2.23. The van der Waals surface area contributed by atoms with Crippen molar-refractivity contribution in [3.8, 4) is 89.0 Å². The first kappa shape index (κ1) is 36.6. The van der Waals surface area contributed by atoms with Crippen LogP contribution in [0, 0.1) is 27.7 Å². The van der Waals surface area contributed by atoms with Crippen LogP contribution in [0.3, 0.4) is 0 Å². The number of rotatable bonds is 8. The van der Waals surface area contributed by atoms with E-state index in [2.05, 4.69) is 234 Å². The molecule has 9 aromatic rings. The second kappa shape index (κ2) is 15.8. The van der Waals surface area contributed by atoms with E-state index in [1.165, 1.54) is 111 Å². The quantitative estimate of drug-likeness (QED) is 0.145. The lowest BCUT2D eigenvalue weighted by molar-refractivity contribution is 1.45. The fourth-order valence-electron chi connectivity index (χ4n) is 8.31. The van der Waals surface area contributed by atoms with Gasteiger partial charge in [0.25, 0.3) is 0 Å². The molecule has 58 heavy (non-hydrogen) atoms. The van der Waals surface area contributed by atoms with Gasteiger partial charge in [-0.3, -0.25) is 0 Å². The summed E-state index contributed by atoms with van der Waals surface area (Å²) in [4.78, 5) is 0. The van der Waals surface area contributed by atoms with Gasteiger partial charge in [0.1, 0.15) is 0 Å². The van der Waals surface area contributed by atoms with Gasteiger partial charge in [0.05, 0.1) is 0 Å². The van der Waals surface area contributed by atoms with Gasteiger partial charge in [-0.1, -0.05) is 229 Å². The summed E-state index contributed by atoms with van der Waals surface area (Å²) in [5.41, 5.74) is 24.4.